The number of carbonyl (C=O) groups excluding carboxylic acids is 1. The second-order valence-electron chi connectivity index (χ2n) is 6.70. The molecule has 6 nitrogen and oxygen atoms in total. The van der Waals surface area contributed by atoms with Crippen LogP contribution in [-0.4, -0.2) is 29.0 Å². The van der Waals surface area contributed by atoms with E-state index in [1.165, 1.54) is 11.3 Å². The number of oxazole rings is 1. The van der Waals surface area contributed by atoms with Crippen molar-refractivity contribution in [3.05, 3.63) is 48.5 Å². The molecule has 2 aromatic carbocycles. The first kappa shape index (κ1) is 16.3. The third-order valence-electron chi connectivity index (χ3n) is 4.94. The number of piperidine rings is 1. The van der Waals surface area contributed by atoms with Crippen LogP contribution in [0.3, 0.4) is 0 Å². The molecule has 1 amide bonds. The number of anilines is 2. The minimum Gasteiger partial charge on any atom is -0.423 e. The van der Waals surface area contributed by atoms with Gasteiger partial charge in [-0.15, -0.1) is 0 Å². The first-order valence-electron chi connectivity index (χ1n) is 9.03. The van der Waals surface area contributed by atoms with Crippen molar-refractivity contribution in [2.24, 2.45) is 5.92 Å². The molecule has 0 radical (unpaired) electrons. The van der Waals surface area contributed by atoms with E-state index in [9.17, 15) is 4.79 Å². The summed E-state index contributed by atoms with van der Waals surface area (Å²) in [6.07, 6.45) is 1.55. The van der Waals surface area contributed by atoms with Crippen LogP contribution in [0, 0.1) is 5.92 Å². The molecular weight excluding hydrogens is 360 g/mol. The average molecular weight is 378 g/mol. The van der Waals surface area contributed by atoms with E-state index in [0.717, 1.165) is 47.2 Å². The fourth-order valence-electron chi connectivity index (χ4n) is 3.46. The molecule has 3 heterocycles. The molecule has 0 aliphatic carbocycles. The number of para-hydroxylation sites is 3. The molecule has 1 aliphatic rings. The number of aromatic nitrogens is 2. The SMILES string of the molecule is O=C(Nc1nc2ccccc2s1)C1CCN(c2nc3ccccc3o2)CC1. The standard InChI is InChI=1S/C20H18N4O2S/c25-18(23-19-21-15-6-2-4-8-17(15)27-19)13-9-11-24(12-10-13)20-22-14-5-1-3-7-16(14)26-20/h1-8,13H,9-12H2,(H,21,23,25). The molecule has 136 valence electrons. The summed E-state index contributed by atoms with van der Waals surface area (Å²) < 4.78 is 6.92. The normalized spacial score (nSPS) is 15.5. The Balaban J connectivity index is 1.23. The maximum absolute atomic E-state index is 12.6. The molecule has 27 heavy (non-hydrogen) atoms. The van der Waals surface area contributed by atoms with Crippen LogP contribution in [0.1, 0.15) is 12.8 Å². The fraction of sp³-hybridized carbons (Fsp3) is 0.250. The van der Waals surface area contributed by atoms with Crippen molar-refractivity contribution in [3.8, 4) is 0 Å². The van der Waals surface area contributed by atoms with E-state index in [-0.39, 0.29) is 11.8 Å². The van der Waals surface area contributed by atoms with Crippen LogP contribution in [0.15, 0.2) is 52.9 Å². The van der Waals surface area contributed by atoms with Crippen LogP contribution in [-0.2, 0) is 4.79 Å². The lowest BCUT2D eigenvalue weighted by Gasteiger charge is -2.29. The van der Waals surface area contributed by atoms with Crippen LogP contribution >= 0.6 is 11.3 Å². The number of hydrogen-bond acceptors (Lipinski definition) is 6. The molecule has 0 spiro atoms. The number of rotatable bonds is 3. The van der Waals surface area contributed by atoms with Gasteiger partial charge in [0.2, 0.25) is 5.91 Å². The predicted molar refractivity (Wildman–Crippen MR) is 107 cm³/mol. The van der Waals surface area contributed by atoms with Crippen LogP contribution in [0.4, 0.5) is 11.1 Å². The minimum absolute atomic E-state index is 0.0161. The number of benzene rings is 2. The van der Waals surface area contributed by atoms with Gasteiger partial charge in [-0.05, 0) is 37.1 Å². The lowest BCUT2D eigenvalue weighted by molar-refractivity contribution is -0.120. The molecule has 5 rings (SSSR count). The van der Waals surface area contributed by atoms with Gasteiger partial charge >= 0.3 is 0 Å². The smallest absolute Gasteiger partial charge is 0.298 e. The van der Waals surface area contributed by atoms with Crippen molar-refractivity contribution in [1.82, 2.24) is 9.97 Å². The summed E-state index contributed by atoms with van der Waals surface area (Å²) in [5, 5.41) is 3.66. The molecule has 1 N–H and O–H groups in total. The van der Waals surface area contributed by atoms with E-state index in [4.69, 9.17) is 4.42 Å². The Hall–Kier alpha value is -2.93. The summed E-state index contributed by atoms with van der Waals surface area (Å²) in [6, 6.07) is 16.3. The molecule has 7 heteroatoms. The Morgan fingerprint density at radius 2 is 1.78 bits per heavy atom. The summed E-state index contributed by atoms with van der Waals surface area (Å²) in [5.41, 5.74) is 2.58. The van der Waals surface area contributed by atoms with Gasteiger partial charge in [-0.2, -0.15) is 4.98 Å². The molecule has 0 saturated carbocycles. The molecule has 0 bridgehead atoms. The highest BCUT2D eigenvalue weighted by molar-refractivity contribution is 7.22. The number of nitrogens with zero attached hydrogens (tertiary/aromatic N) is 3. The molecule has 0 unspecified atom stereocenters. The number of amides is 1. The Bertz CT molecular complexity index is 1050. The largest absolute Gasteiger partial charge is 0.423 e. The molecular formula is C20H18N4O2S. The van der Waals surface area contributed by atoms with E-state index in [1.54, 1.807) is 0 Å². The average Bonchev–Trinajstić information content (AvgIpc) is 3.31. The third-order valence-corrected chi connectivity index (χ3v) is 5.89. The zero-order chi connectivity index (χ0) is 18.2. The van der Waals surface area contributed by atoms with Gasteiger partial charge in [0.05, 0.1) is 10.2 Å². The van der Waals surface area contributed by atoms with Crippen molar-refractivity contribution < 1.29 is 9.21 Å². The summed E-state index contributed by atoms with van der Waals surface area (Å²) in [5.74, 6) is 0.0314. The maximum atomic E-state index is 12.6. The van der Waals surface area contributed by atoms with Gasteiger partial charge in [0, 0.05) is 19.0 Å². The van der Waals surface area contributed by atoms with Crippen molar-refractivity contribution in [2.75, 3.05) is 23.3 Å². The minimum atomic E-state index is -0.0161. The first-order chi connectivity index (χ1) is 13.3. The molecule has 1 aliphatic heterocycles. The molecule has 4 aromatic rings. The van der Waals surface area contributed by atoms with Crippen molar-refractivity contribution in [2.45, 2.75) is 12.8 Å². The van der Waals surface area contributed by atoms with Gasteiger partial charge in [0.15, 0.2) is 10.7 Å². The number of nitrogens with one attached hydrogen (secondary N) is 1. The van der Waals surface area contributed by atoms with E-state index in [0.29, 0.717) is 11.1 Å². The van der Waals surface area contributed by atoms with Gasteiger partial charge in [-0.3, -0.25) is 4.79 Å². The molecule has 2 aromatic heterocycles. The summed E-state index contributed by atoms with van der Waals surface area (Å²) >= 11 is 1.51. The summed E-state index contributed by atoms with van der Waals surface area (Å²) in [7, 11) is 0. The third kappa shape index (κ3) is 3.14. The van der Waals surface area contributed by atoms with Gasteiger partial charge in [0.25, 0.3) is 6.01 Å². The van der Waals surface area contributed by atoms with E-state index in [2.05, 4.69) is 20.2 Å². The van der Waals surface area contributed by atoms with Crippen molar-refractivity contribution in [3.63, 3.8) is 0 Å². The number of fused-ring (bicyclic) bond motifs is 2. The molecule has 1 saturated heterocycles. The molecule has 1 fully saturated rings. The lowest BCUT2D eigenvalue weighted by atomic mass is 9.96. The Kier molecular flexibility index (Phi) is 4.01. The maximum Gasteiger partial charge on any atom is 0.298 e. The highest BCUT2D eigenvalue weighted by atomic mass is 32.1. The fourth-order valence-corrected chi connectivity index (χ4v) is 4.33. The van der Waals surface area contributed by atoms with Crippen LogP contribution in [0.5, 0.6) is 0 Å². The van der Waals surface area contributed by atoms with Gasteiger partial charge in [-0.1, -0.05) is 35.6 Å². The zero-order valence-electron chi connectivity index (χ0n) is 14.6. The monoisotopic (exact) mass is 378 g/mol. The number of carbonyl (C=O) groups is 1. The Morgan fingerprint density at radius 1 is 1.04 bits per heavy atom. The van der Waals surface area contributed by atoms with E-state index >= 15 is 0 Å². The van der Waals surface area contributed by atoms with Gasteiger partial charge in [-0.25, -0.2) is 4.98 Å². The highest BCUT2D eigenvalue weighted by Crippen LogP contribution is 2.29. The first-order valence-corrected chi connectivity index (χ1v) is 9.85. The van der Waals surface area contributed by atoms with Crippen LogP contribution < -0.4 is 10.2 Å². The second kappa shape index (κ2) is 6.66. The predicted octanol–water partition coefficient (Wildman–Crippen LogP) is 4.29. The van der Waals surface area contributed by atoms with Gasteiger partial charge in [0.1, 0.15) is 5.52 Å². The Labute approximate surface area is 159 Å². The van der Waals surface area contributed by atoms with Crippen LogP contribution in [0.2, 0.25) is 0 Å². The van der Waals surface area contributed by atoms with Gasteiger partial charge < -0.3 is 14.6 Å². The number of thiazole rings is 1. The van der Waals surface area contributed by atoms with Crippen LogP contribution in [0.25, 0.3) is 21.3 Å². The van der Waals surface area contributed by atoms with Crippen molar-refractivity contribution >= 4 is 49.7 Å². The summed E-state index contributed by atoms with van der Waals surface area (Å²) in [6.45, 7) is 1.51. The van der Waals surface area contributed by atoms with E-state index in [1.807, 2.05) is 48.5 Å². The lowest BCUT2D eigenvalue weighted by Crippen LogP contribution is -2.38. The quantitative estimate of drug-likeness (QED) is 0.576. The summed E-state index contributed by atoms with van der Waals surface area (Å²) in [4.78, 5) is 23.8. The Morgan fingerprint density at radius 3 is 2.56 bits per heavy atom. The topological polar surface area (TPSA) is 71.3 Å². The number of hydrogen-bond donors (Lipinski definition) is 1. The second-order valence-corrected chi connectivity index (χ2v) is 7.73. The highest BCUT2D eigenvalue weighted by Gasteiger charge is 2.27. The van der Waals surface area contributed by atoms with Crippen molar-refractivity contribution in [1.29, 1.82) is 0 Å². The zero-order valence-corrected chi connectivity index (χ0v) is 15.4. The molecule has 0 atom stereocenters. The van der Waals surface area contributed by atoms with E-state index < -0.39 is 0 Å².